The molecule has 0 radical (unpaired) electrons. The van der Waals surface area contributed by atoms with Gasteiger partial charge in [-0.3, -0.25) is 9.59 Å². The Labute approximate surface area is 320 Å². The number of fused-ring (bicyclic) bond motifs is 5. The highest BCUT2D eigenvalue weighted by atomic mass is 16.9. The molecule has 1 aromatic rings. The van der Waals surface area contributed by atoms with Gasteiger partial charge in [0.25, 0.3) is 5.09 Å². The molecule has 4 aliphatic rings. The molecule has 4 aliphatic carbocycles. The quantitative estimate of drug-likeness (QED) is 0.0588. The van der Waals surface area contributed by atoms with Gasteiger partial charge in [-0.05, 0) is 113 Å². The van der Waals surface area contributed by atoms with Crippen molar-refractivity contribution in [2.45, 2.75) is 104 Å². The Balaban J connectivity index is 1.13. The molecule has 3 fully saturated rings. The Morgan fingerprint density at radius 1 is 1.04 bits per heavy atom. The van der Waals surface area contributed by atoms with Crippen LogP contribution in [0.3, 0.4) is 0 Å². The van der Waals surface area contributed by atoms with Crippen LogP contribution in [0.1, 0.15) is 85.1 Å². The van der Waals surface area contributed by atoms with Crippen LogP contribution in [0, 0.1) is 44.6 Å². The van der Waals surface area contributed by atoms with Gasteiger partial charge in [0.05, 0.1) is 19.3 Å². The van der Waals surface area contributed by atoms with Crippen molar-refractivity contribution < 1.29 is 58.0 Å². The number of aliphatic hydroxyl groups is 1. The zero-order valence-corrected chi connectivity index (χ0v) is 32.1. The van der Waals surface area contributed by atoms with Crippen LogP contribution in [0.4, 0.5) is 9.59 Å². The van der Waals surface area contributed by atoms with Crippen molar-refractivity contribution in [3.8, 4) is 5.75 Å². The van der Waals surface area contributed by atoms with Gasteiger partial charge in [-0.15, -0.1) is 10.1 Å². The molecule has 0 aromatic heterocycles. The minimum absolute atomic E-state index is 0.00662. The van der Waals surface area contributed by atoms with Crippen LogP contribution in [-0.2, 0) is 39.9 Å². The first-order chi connectivity index (χ1) is 25.9. The van der Waals surface area contributed by atoms with Gasteiger partial charge < -0.3 is 34.2 Å². The lowest BCUT2D eigenvalue weighted by Crippen LogP contribution is -2.56. The fourth-order valence-electron chi connectivity index (χ4n) is 9.40. The Bertz CT molecular complexity index is 1700. The van der Waals surface area contributed by atoms with Gasteiger partial charge >= 0.3 is 18.2 Å². The molecule has 0 bridgehead atoms. The summed E-state index contributed by atoms with van der Waals surface area (Å²) < 4.78 is 21.2. The van der Waals surface area contributed by atoms with Crippen LogP contribution in [0.5, 0.6) is 5.75 Å². The number of rotatable bonds is 14. The Morgan fingerprint density at radius 2 is 1.75 bits per heavy atom. The number of Topliss-reactive ketones (excluding diaryl/α,β-unsaturated/α-hetero) is 1. The van der Waals surface area contributed by atoms with Gasteiger partial charge in [0, 0.05) is 23.7 Å². The van der Waals surface area contributed by atoms with E-state index in [2.05, 4.69) is 24.0 Å². The van der Waals surface area contributed by atoms with Crippen LogP contribution in [0.15, 0.2) is 48.1 Å². The Hall–Kier alpha value is -4.79. The molecule has 1 aromatic carbocycles. The maximum atomic E-state index is 13.6. The highest BCUT2D eigenvalue weighted by Crippen LogP contribution is 2.66. The molecule has 8 atom stereocenters. The lowest BCUT2D eigenvalue weighted by Gasteiger charge is -2.58. The van der Waals surface area contributed by atoms with E-state index in [0.717, 1.165) is 24.8 Å². The summed E-state index contributed by atoms with van der Waals surface area (Å²) in [6, 6.07) is 5.01. The SMILES string of the molecule is CC(C)(C)OC(=O)NC(Cc1ccc(OC(=O)OCC(=O)C2CCC3C4CCC5=CC(=O)C=CC5(C)C4C(O)CC23C)cc1)C(=O)OCCCCO[N+](=O)[O-]. The third kappa shape index (κ3) is 9.91. The van der Waals surface area contributed by atoms with Gasteiger partial charge in [0.2, 0.25) is 0 Å². The monoisotopic (exact) mass is 768 g/mol. The molecule has 3 saturated carbocycles. The van der Waals surface area contributed by atoms with Gasteiger partial charge in [-0.1, -0.05) is 37.6 Å². The molecule has 15 nitrogen and oxygen atoms in total. The van der Waals surface area contributed by atoms with E-state index < -0.39 is 58.5 Å². The first kappa shape index (κ1) is 41.4. The van der Waals surface area contributed by atoms with Crippen molar-refractivity contribution >= 4 is 29.8 Å². The standard InChI is InChI=1S/C40H52N2O13/c1-38(2,3)55-36(47)41-31(35(46)51-18-6-7-19-53-42(49)50)20-24-8-11-27(12-9-24)54-37(48)52-23-33(45)30-15-14-29-28-13-10-25-21-26(43)16-17-39(25,4)34(28)32(44)22-40(29,30)5/h8-9,11-12,16-17,21,28-32,34,44H,6-7,10,13-15,18-20,22-23H2,1-5H3,(H,41,47). The van der Waals surface area contributed by atoms with Crippen LogP contribution >= 0.6 is 0 Å². The first-order valence-electron chi connectivity index (χ1n) is 18.9. The molecule has 55 heavy (non-hydrogen) atoms. The number of unbranched alkanes of at least 4 members (excludes halogenated alkanes) is 1. The Kier molecular flexibility index (Phi) is 12.7. The number of hydrogen-bond donors (Lipinski definition) is 2. The van der Waals surface area contributed by atoms with Crippen LogP contribution < -0.4 is 10.1 Å². The van der Waals surface area contributed by atoms with Crippen LogP contribution in [0.25, 0.3) is 0 Å². The molecular weight excluding hydrogens is 716 g/mol. The molecule has 1 amide bonds. The second-order valence-corrected chi connectivity index (χ2v) is 16.5. The number of carbonyl (C=O) groups is 5. The third-order valence-corrected chi connectivity index (χ3v) is 11.7. The molecule has 300 valence electrons. The number of ketones is 2. The number of nitrogens with one attached hydrogen (secondary N) is 1. The maximum Gasteiger partial charge on any atom is 0.514 e. The van der Waals surface area contributed by atoms with Crippen molar-refractivity contribution in [3.63, 3.8) is 0 Å². The van der Waals surface area contributed by atoms with Gasteiger partial charge in [-0.25, -0.2) is 14.4 Å². The molecule has 0 spiro atoms. The summed E-state index contributed by atoms with van der Waals surface area (Å²) in [5.74, 6) is -0.848. The number of alkyl carbamates (subject to hydrolysis) is 1. The molecule has 5 rings (SSSR count). The van der Waals surface area contributed by atoms with Crippen molar-refractivity contribution in [3.05, 3.63) is 63.7 Å². The minimum atomic E-state index is -1.13. The number of nitrogens with zero attached hydrogens (tertiary/aromatic N) is 1. The van der Waals surface area contributed by atoms with Crippen molar-refractivity contribution in [1.29, 1.82) is 0 Å². The molecule has 0 heterocycles. The number of hydrogen-bond acceptors (Lipinski definition) is 13. The number of allylic oxidation sites excluding steroid dienone is 4. The van der Waals surface area contributed by atoms with E-state index in [1.165, 1.54) is 12.1 Å². The average molecular weight is 769 g/mol. The molecule has 8 unspecified atom stereocenters. The molecule has 0 saturated heterocycles. The van der Waals surface area contributed by atoms with E-state index in [9.17, 15) is 39.2 Å². The minimum Gasteiger partial charge on any atom is -0.464 e. The first-order valence-corrected chi connectivity index (χ1v) is 18.9. The zero-order valence-electron chi connectivity index (χ0n) is 32.1. The molecule has 2 N–H and O–H groups in total. The van der Waals surface area contributed by atoms with E-state index in [1.54, 1.807) is 45.1 Å². The van der Waals surface area contributed by atoms with E-state index in [1.807, 2.05) is 6.08 Å². The summed E-state index contributed by atoms with van der Waals surface area (Å²) in [6.45, 7) is 8.56. The third-order valence-electron chi connectivity index (χ3n) is 11.7. The predicted molar refractivity (Wildman–Crippen MR) is 195 cm³/mol. The summed E-state index contributed by atoms with van der Waals surface area (Å²) in [5.41, 5.74) is -0.00864. The fraction of sp³-hybridized carbons (Fsp3) is 0.625. The van der Waals surface area contributed by atoms with Gasteiger partial charge in [0.1, 0.15) is 17.4 Å². The smallest absolute Gasteiger partial charge is 0.464 e. The van der Waals surface area contributed by atoms with Gasteiger partial charge in [0.15, 0.2) is 18.2 Å². The molecule has 0 aliphatic heterocycles. The van der Waals surface area contributed by atoms with Gasteiger partial charge in [-0.2, -0.15) is 0 Å². The van der Waals surface area contributed by atoms with Crippen LogP contribution in [0.2, 0.25) is 0 Å². The highest BCUT2D eigenvalue weighted by Gasteiger charge is 2.62. The van der Waals surface area contributed by atoms with E-state index >= 15 is 0 Å². The second-order valence-electron chi connectivity index (χ2n) is 16.5. The van der Waals surface area contributed by atoms with Crippen LogP contribution in [-0.4, -0.2) is 77.5 Å². The largest absolute Gasteiger partial charge is 0.514 e. The summed E-state index contributed by atoms with van der Waals surface area (Å²) in [7, 11) is 0. The maximum absolute atomic E-state index is 13.6. The lowest BCUT2D eigenvalue weighted by atomic mass is 9.46. The fourth-order valence-corrected chi connectivity index (χ4v) is 9.40. The lowest BCUT2D eigenvalue weighted by molar-refractivity contribution is -0.757. The topological polar surface area (TPSA) is 207 Å². The normalized spacial score (nSPS) is 28.7. The van der Waals surface area contributed by atoms with E-state index in [-0.39, 0.29) is 67.0 Å². The summed E-state index contributed by atoms with van der Waals surface area (Å²) in [5, 5.41) is 23.5. The number of amides is 1. The predicted octanol–water partition coefficient (Wildman–Crippen LogP) is 5.63. The highest BCUT2D eigenvalue weighted by molar-refractivity contribution is 6.01. The van der Waals surface area contributed by atoms with E-state index in [4.69, 9.17) is 18.9 Å². The number of ether oxygens (including phenoxy) is 4. The molecule has 15 heteroatoms. The number of esters is 1. The second kappa shape index (κ2) is 16.9. The van der Waals surface area contributed by atoms with Crippen molar-refractivity contribution in [2.24, 2.45) is 34.5 Å². The number of aliphatic hydroxyl groups excluding tert-OH is 1. The number of carbonyl (C=O) groups excluding carboxylic acids is 5. The van der Waals surface area contributed by atoms with E-state index in [0.29, 0.717) is 24.8 Å². The summed E-state index contributed by atoms with van der Waals surface area (Å²) >= 11 is 0. The zero-order chi connectivity index (χ0) is 40.1. The number of benzene rings is 1. The van der Waals surface area contributed by atoms with Crippen molar-refractivity contribution in [2.75, 3.05) is 19.8 Å². The average Bonchev–Trinajstić information content (AvgIpc) is 3.44. The molecular formula is C40H52N2O13. The summed E-state index contributed by atoms with van der Waals surface area (Å²) in [4.78, 5) is 78.3. The van der Waals surface area contributed by atoms with Crippen molar-refractivity contribution in [1.82, 2.24) is 5.32 Å². The Morgan fingerprint density at radius 3 is 2.44 bits per heavy atom. The summed E-state index contributed by atoms with van der Waals surface area (Å²) in [6.07, 6.45) is 6.90.